The minimum Gasteiger partial charge on any atom is -0.451 e. The first kappa shape index (κ1) is 16.9. The number of rotatable bonds is 8. The average Bonchev–Trinajstić information content (AvgIpc) is 2.40. The highest BCUT2D eigenvalue weighted by Crippen LogP contribution is 2.07. The number of aldehydes is 1. The zero-order valence-electron chi connectivity index (χ0n) is 9.42. The predicted octanol–water partition coefficient (Wildman–Crippen LogP) is -4.51. The van der Waals surface area contributed by atoms with E-state index in [1.807, 2.05) is 0 Å². The molecule has 0 aliphatic heterocycles. The summed E-state index contributed by atoms with van der Waals surface area (Å²) in [7, 11) is 0. The van der Waals surface area contributed by atoms with Crippen LogP contribution in [0.1, 0.15) is 0 Å². The van der Waals surface area contributed by atoms with Crippen molar-refractivity contribution in [1.29, 1.82) is 0 Å². The van der Waals surface area contributed by atoms with Crippen molar-refractivity contribution in [2.24, 2.45) is 5.73 Å². The fourth-order valence-electron chi connectivity index (χ4n) is 1.00. The van der Waals surface area contributed by atoms with E-state index in [2.05, 4.69) is 4.74 Å². The first-order valence-corrected chi connectivity index (χ1v) is 5.06. The molecule has 0 saturated heterocycles. The van der Waals surface area contributed by atoms with Gasteiger partial charge in [-0.1, -0.05) is 0 Å². The van der Waals surface area contributed by atoms with Gasteiger partial charge in [-0.05, 0) is 0 Å². The third kappa shape index (κ3) is 4.64. The first-order valence-electron chi connectivity index (χ1n) is 5.06. The van der Waals surface area contributed by atoms with Crippen LogP contribution in [0.15, 0.2) is 0 Å². The standard InChI is InChI=1S/C9H17NO8/c10-4(1-11)9(17)18-6(3-13)8(16)7(15)5(14)2-12/h3-8,11-12,14-16H,1-2,10H2/t4-,5+,6-,7+,8+/m0/s1. The van der Waals surface area contributed by atoms with E-state index in [0.717, 1.165) is 0 Å². The summed E-state index contributed by atoms with van der Waals surface area (Å²) in [6.45, 7) is -1.57. The lowest BCUT2D eigenvalue weighted by atomic mass is 10.0. The number of carbonyl (C=O) groups excluding carboxylic acids is 2. The molecular formula is C9H17NO8. The van der Waals surface area contributed by atoms with Gasteiger partial charge in [0.2, 0.25) is 0 Å². The van der Waals surface area contributed by atoms with Gasteiger partial charge in [-0.25, -0.2) is 0 Å². The molecule has 0 saturated carbocycles. The fourth-order valence-corrected chi connectivity index (χ4v) is 1.00. The molecule has 0 rings (SSSR count). The van der Waals surface area contributed by atoms with Gasteiger partial charge < -0.3 is 36.0 Å². The summed E-state index contributed by atoms with van der Waals surface area (Å²) in [5, 5.41) is 44.9. The van der Waals surface area contributed by atoms with E-state index in [0.29, 0.717) is 0 Å². The third-order valence-corrected chi connectivity index (χ3v) is 2.15. The Balaban J connectivity index is 4.58. The van der Waals surface area contributed by atoms with Crippen LogP contribution in [-0.2, 0) is 14.3 Å². The van der Waals surface area contributed by atoms with E-state index in [-0.39, 0.29) is 6.29 Å². The molecule has 0 aliphatic rings. The normalized spacial score (nSPS) is 19.4. The summed E-state index contributed by atoms with van der Waals surface area (Å²) in [4.78, 5) is 21.8. The number of hydrogen-bond acceptors (Lipinski definition) is 9. The molecule has 0 spiro atoms. The van der Waals surface area contributed by atoms with Gasteiger partial charge in [0.15, 0.2) is 12.4 Å². The van der Waals surface area contributed by atoms with Crippen molar-refractivity contribution in [3.63, 3.8) is 0 Å². The second kappa shape index (κ2) is 8.08. The highest BCUT2D eigenvalue weighted by molar-refractivity contribution is 5.78. The maximum absolute atomic E-state index is 11.1. The summed E-state index contributed by atoms with van der Waals surface area (Å²) in [6.07, 6.45) is -7.26. The van der Waals surface area contributed by atoms with Crippen LogP contribution in [-0.4, -0.2) is 81.5 Å². The summed E-state index contributed by atoms with van der Waals surface area (Å²) in [5.74, 6) is -1.15. The monoisotopic (exact) mass is 267 g/mol. The highest BCUT2D eigenvalue weighted by Gasteiger charge is 2.34. The van der Waals surface area contributed by atoms with Crippen LogP contribution in [0.5, 0.6) is 0 Å². The summed E-state index contributed by atoms with van der Waals surface area (Å²) in [6, 6.07) is -1.39. The van der Waals surface area contributed by atoms with Crippen molar-refractivity contribution in [2.45, 2.75) is 30.5 Å². The highest BCUT2D eigenvalue weighted by atomic mass is 16.6. The lowest BCUT2D eigenvalue weighted by molar-refractivity contribution is -0.169. The van der Waals surface area contributed by atoms with Crippen LogP contribution in [0, 0.1) is 0 Å². The van der Waals surface area contributed by atoms with E-state index in [1.54, 1.807) is 0 Å². The Bertz CT molecular complexity index is 273. The van der Waals surface area contributed by atoms with Crippen molar-refractivity contribution in [3.8, 4) is 0 Å². The van der Waals surface area contributed by atoms with E-state index in [1.165, 1.54) is 0 Å². The number of nitrogens with two attached hydrogens (primary N) is 1. The van der Waals surface area contributed by atoms with Crippen molar-refractivity contribution in [3.05, 3.63) is 0 Å². The topological polar surface area (TPSA) is 171 Å². The van der Waals surface area contributed by atoms with Crippen LogP contribution in [0.25, 0.3) is 0 Å². The van der Waals surface area contributed by atoms with Crippen LogP contribution >= 0.6 is 0 Å². The smallest absolute Gasteiger partial charge is 0.326 e. The van der Waals surface area contributed by atoms with Gasteiger partial charge in [0.1, 0.15) is 24.4 Å². The summed E-state index contributed by atoms with van der Waals surface area (Å²) in [5.41, 5.74) is 5.11. The quantitative estimate of drug-likeness (QED) is 0.187. The molecule has 0 aromatic carbocycles. The van der Waals surface area contributed by atoms with Crippen molar-refractivity contribution in [2.75, 3.05) is 13.2 Å². The van der Waals surface area contributed by atoms with E-state index in [4.69, 9.17) is 21.1 Å². The van der Waals surface area contributed by atoms with Crippen LogP contribution in [0.2, 0.25) is 0 Å². The molecule has 0 aliphatic carbocycles. The predicted molar refractivity (Wildman–Crippen MR) is 56.1 cm³/mol. The number of ether oxygens (including phenoxy) is 1. The van der Waals surface area contributed by atoms with Crippen LogP contribution in [0.4, 0.5) is 0 Å². The second-order valence-electron chi connectivity index (χ2n) is 3.56. The molecule has 106 valence electrons. The van der Waals surface area contributed by atoms with Crippen LogP contribution in [0.3, 0.4) is 0 Å². The van der Waals surface area contributed by atoms with Gasteiger partial charge in [-0.2, -0.15) is 0 Å². The van der Waals surface area contributed by atoms with Crippen molar-refractivity contribution >= 4 is 12.3 Å². The average molecular weight is 267 g/mol. The van der Waals surface area contributed by atoms with E-state index in [9.17, 15) is 19.8 Å². The maximum Gasteiger partial charge on any atom is 0.326 e. The third-order valence-electron chi connectivity index (χ3n) is 2.15. The number of carbonyl (C=O) groups is 2. The lowest BCUT2D eigenvalue weighted by Crippen LogP contribution is -2.49. The largest absolute Gasteiger partial charge is 0.451 e. The molecule has 9 heteroatoms. The molecule has 0 unspecified atom stereocenters. The molecule has 0 fully saturated rings. The van der Waals surface area contributed by atoms with Gasteiger partial charge in [0, 0.05) is 0 Å². The van der Waals surface area contributed by atoms with E-state index < -0.39 is 49.6 Å². The molecule has 9 nitrogen and oxygen atoms in total. The Kier molecular flexibility index (Phi) is 7.59. The second-order valence-corrected chi connectivity index (χ2v) is 3.56. The molecular weight excluding hydrogens is 250 g/mol. The summed E-state index contributed by atoms with van der Waals surface area (Å²) < 4.78 is 4.44. The van der Waals surface area contributed by atoms with Crippen molar-refractivity contribution < 1.29 is 39.9 Å². The minimum absolute atomic E-state index is 0.0278. The lowest BCUT2D eigenvalue weighted by Gasteiger charge is -2.25. The fraction of sp³-hybridized carbons (Fsp3) is 0.778. The number of aliphatic hydroxyl groups is 5. The molecule has 0 amide bonds. The van der Waals surface area contributed by atoms with Gasteiger partial charge >= 0.3 is 5.97 Å². The first-order chi connectivity index (χ1) is 8.38. The van der Waals surface area contributed by atoms with Crippen molar-refractivity contribution in [1.82, 2.24) is 0 Å². The molecule has 7 N–H and O–H groups in total. The van der Waals surface area contributed by atoms with Gasteiger partial charge in [-0.15, -0.1) is 0 Å². The van der Waals surface area contributed by atoms with Gasteiger partial charge in [0.25, 0.3) is 0 Å². The van der Waals surface area contributed by atoms with Gasteiger partial charge in [-0.3, -0.25) is 9.59 Å². The molecule has 0 bridgehead atoms. The zero-order valence-corrected chi connectivity index (χ0v) is 9.42. The minimum atomic E-state index is -1.93. The SMILES string of the molecule is N[C@@H](CO)C(=O)O[C@@H](C=O)[C@@H](O)[C@H](O)[C@H](O)CO. The Morgan fingerprint density at radius 3 is 2.11 bits per heavy atom. The molecule has 0 radical (unpaired) electrons. The maximum atomic E-state index is 11.1. The molecule has 18 heavy (non-hydrogen) atoms. The molecule has 0 aromatic rings. The molecule has 5 atom stereocenters. The van der Waals surface area contributed by atoms with E-state index >= 15 is 0 Å². The zero-order chi connectivity index (χ0) is 14.3. The number of aliphatic hydroxyl groups excluding tert-OH is 5. The Hall–Kier alpha value is -1.10. The Labute approximate surface area is 102 Å². The van der Waals surface area contributed by atoms with Crippen LogP contribution < -0.4 is 5.73 Å². The molecule has 0 heterocycles. The Morgan fingerprint density at radius 1 is 1.17 bits per heavy atom. The van der Waals surface area contributed by atoms with Gasteiger partial charge in [0.05, 0.1) is 13.2 Å². The summed E-state index contributed by atoms with van der Waals surface area (Å²) >= 11 is 0. The number of esters is 1. The molecule has 0 aromatic heterocycles. The Morgan fingerprint density at radius 2 is 1.72 bits per heavy atom. The number of hydrogen-bond donors (Lipinski definition) is 6.